The van der Waals surface area contributed by atoms with Crippen LogP contribution in [0.25, 0.3) is 0 Å². The zero-order valence-corrected chi connectivity index (χ0v) is 15.9. The zero-order chi connectivity index (χ0) is 20.2. The molecule has 4 rings (SSSR count). The standard InChI is InChI=1S/C22H22F2N4O/c23-18-5-8-21(24)20(12-18)17-2-1-10-28(14-17)22(29)26-19-6-3-16(4-7-19)13-27-11-9-25-15-27/h3-9,11-12,15,17H,1-2,10,13-14H2,(H,26,29)/t17-/m1/s1. The lowest BCUT2D eigenvalue weighted by molar-refractivity contribution is 0.192. The molecule has 1 aliphatic heterocycles. The number of anilines is 1. The van der Waals surface area contributed by atoms with Gasteiger partial charge in [-0.25, -0.2) is 18.6 Å². The molecule has 1 fully saturated rings. The number of nitrogens with one attached hydrogen (secondary N) is 1. The number of amides is 2. The van der Waals surface area contributed by atoms with Gasteiger partial charge in [0.15, 0.2) is 0 Å². The molecule has 2 heterocycles. The second-order valence-electron chi connectivity index (χ2n) is 7.31. The number of nitrogens with zero attached hydrogens (tertiary/aromatic N) is 3. The molecule has 1 aromatic heterocycles. The minimum atomic E-state index is -0.459. The normalized spacial score (nSPS) is 16.6. The molecule has 0 aliphatic carbocycles. The van der Waals surface area contributed by atoms with E-state index < -0.39 is 11.6 Å². The molecule has 2 aromatic carbocycles. The highest BCUT2D eigenvalue weighted by Gasteiger charge is 2.27. The van der Waals surface area contributed by atoms with Gasteiger partial charge in [-0.1, -0.05) is 12.1 Å². The smallest absolute Gasteiger partial charge is 0.321 e. The second kappa shape index (κ2) is 8.43. The SMILES string of the molecule is O=C(Nc1ccc(Cn2ccnc2)cc1)N1CCC[C@@H](c2cc(F)ccc2F)C1. The Labute approximate surface area is 168 Å². The number of imidazole rings is 1. The molecule has 1 atom stereocenters. The monoisotopic (exact) mass is 396 g/mol. The van der Waals surface area contributed by atoms with Crippen molar-refractivity contribution in [2.45, 2.75) is 25.3 Å². The van der Waals surface area contributed by atoms with Gasteiger partial charge in [0.25, 0.3) is 0 Å². The minimum Gasteiger partial charge on any atom is -0.333 e. The van der Waals surface area contributed by atoms with Gasteiger partial charge >= 0.3 is 6.03 Å². The molecule has 1 saturated heterocycles. The summed E-state index contributed by atoms with van der Waals surface area (Å²) in [6.45, 7) is 1.67. The first-order chi connectivity index (χ1) is 14.1. The van der Waals surface area contributed by atoms with Gasteiger partial charge in [0, 0.05) is 43.6 Å². The molecular weight excluding hydrogens is 374 g/mol. The molecule has 0 spiro atoms. The van der Waals surface area contributed by atoms with E-state index in [4.69, 9.17) is 0 Å². The number of carbonyl (C=O) groups excluding carboxylic acids is 1. The number of urea groups is 1. The lowest BCUT2D eigenvalue weighted by Crippen LogP contribution is -2.41. The van der Waals surface area contributed by atoms with Crippen LogP contribution in [0.3, 0.4) is 0 Å². The van der Waals surface area contributed by atoms with Gasteiger partial charge in [-0.15, -0.1) is 0 Å². The molecular formula is C22H22F2N4O. The molecule has 0 radical (unpaired) electrons. The number of rotatable bonds is 4. The molecule has 0 saturated carbocycles. The van der Waals surface area contributed by atoms with Crippen LogP contribution >= 0.6 is 0 Å². The van der Waals surface area contributed by atoms with Gasteiger partial charge in [-0.3, -0.25) is 0 Å². The average molecular weight is 396 g/mol. The molecule has 5 nitrogen and oxygen atoms in total. The van der Waals surface area contributed by atoms with E-state index >= 15 is 0 Å². The quantitative estimate of drug-likeness (QED) is 0.700. The molecule has 3 aromatic rings. The van der Waals surface area contributed by atoms with Gasteiger partial charge in [0.2, 0.25) is 0 Å². The zero-order valence-electron chi connectivity index (χ0n) is 15.9. The van der Waals surface area contributed by atoms with E-state index in [0.717, 1.165) is 30.5 Å². The van der Waals surface area contributed by atoms with Crippen molar-refractivity contribution in [2.75, 3.05) is 18.4 Å². The Morgan fingerprint density at radius 1 is 1.17 bits per heavy atom. The largest absolute Gasteiger partial charge is 0.333 e. The Morgan fingerprint density at radius 2 is 2.00 bits per heavy atom. The third-order valence-electron chi connectivity index (χ3n) is 5.24. The topological polar surface area (TPSA) is 50.2 Å². The molecule has 0 unspecified atom stereocenters. The van der Waals surface area contributed by atoms with E-state index in [2.05, 4.69) is 10.3 Å². The highest BCUT2D eigenvalue weighted by Crippen LogP contribution is 2.29. The molecule has 1 aliphatic rings. The molecule has 0 bridgehead atoms. The molecule has 29 heavy (non-hydrogen) atoms. The number of hydrogen-bond acceptors (Lipinski definition) is 2. The first-order valence-electron chi connectivity index (χ1n) is 9.64. The molecule has 2 amide bonds. The summed E-state index contributed by atoms with van der Waals surface area (Å²) in [5, 5.41) is 2.90. The van der Waals surface area contributed by atoms with Crippen molar-refractivity contribution in [1.82, 2.24) is 14.5 Å². The molecule has 7 heteroatoms. The van der Waals surface area contributed by atoms with E-state index in [-0.39, 0.29) is 11.9 Å². The summed E-state index contributed by atoms with van der Waals surface area (Å²) in [6.07, 6.45) is 6.86. The van der Waals surface area contributed by atoms with E-state index in [0.29, 0.717) is 30.9 Å². The summed E-state index contributed by atoms with van der Waals surface area (Å²) < 4.78 is 29.6. The van der Waals surface area contributed by atoms with Crippen molar-refractivity contribution >= 4 is 11.7 Å². The van der Waals surface area contributed by atoms with Crippen molar-refractivity contribution < 1.29 is 13.6 Å². The van der Waals surface area contributed by atoms with Crippen LogP contribution < -0.4 is 5.32 Å². The number of carbonyl (C=O) groups is 1. The van der Waals surface area contributed by atoms with Crippen LogP contribution in [0.15, 0.2) is 61.2 Å². The highest BCUT2D eigenvalue weighted by molar-refractivity contribution is 5.89. The Hall–Kier alpha value is -3.22. The van der Waals surface area contributed by atoms with Gasteiger partial charge in [0.1, 0.15) is 11.6 Å². The number of aromatic nitrogens is 2. The van der Waals surface area contributed by atoms with Crippen LogP contribution in [-0.2, 0) is 6.54 Å². The van der Waals surface area contributed by atoms with E-state index in [1.54, 1.807) is 17.4 Å². The Morgan fingerprint density at radius 3 is 2.76 bits per heavy atom. The summed E-state index contributed by atoms with van der Waals surface area (Å²) in [5.41, 5.74) is 2.13. The predicted molar refractivity (Wildman–Crippen MR) is 107 cm³/mol. The van der Waals surface area contributed by atoms with Gasteiger partial charge in [-0.05, 0) is 54.3 Å². The first-order valence-corrected chi connectivity index (χ1v) is 9.64. The molecule has 150 valence electrons. The highest BCUT2D eigenvalue weighted by atomic mass is 19.1. The first kappa shape index (κ1) is 19.1. The van der Waals surface area contributed by atoms with Crippen LogP contribution in [0, 0.1) is 11.6 Å². The van der Waals surface area contributed by atoms with Crippen LogP contribution in [0.5, 0.6) is 0 Å². The van der Waals surface area contributed by atoms with E-state index in [9.17, 15) is 13.6 Å². The van der Waals surface area contributed by atoms with Crippen LogP contribution in [-0.4, -0.2) is 33.6 Å². The van der Waals surface area contributed by atoms with Gasteiger partial charge in [0.05, 0.1) is 6.33 Å². The maximum atomic E-state index is 14.1. The minimum absolute atomic E-state index is 0.206. The van der Waals surface area contributed by atoms with Gasteiger partial charge in [-0.2, -0.15) is 0 Å². The third kappa shape index (κ3) is 4.62. The van der Waals surface area contributed by atoms with Crippen molar-refractivity contribution in [3.8, 4) is 0 Å². The van der Waals surface area contributed by atoms with Crippen LogP contribution in [0.1, 0.15) is 29.9 Å². The average Bonchev–Trinajstić information content (AvgIpc) is 3.24. The predicted octanol–water partition coefficient (Wildman–Crippen LogP) is 4.62. The lowest BCUT2D eigenvalue weighted by atomic mass is 9.90. The van der Waals surface area contributed by atoms with E-state index in [1.165, 1.54) is 6.07 Å². The number of hydrogen-bond donors (Lipinski definition) is 1. The fraction of sp³-hybridized carbons (Fsp3) is 0.273. The van der Waals surface area contributed by atoms with Crippen LogP contribution in [0.4, 0.5) is 19.3 Å². The van der Waals surface area contributed by atoms with Crippen molar-refractivity contribution in [3.05, 3.63) is 83.9 Å². The third-order valence-corrected chi connectivity index (χ3v) is 5.24. The fourth-order valence-corrected chi connectivity index (χ4v) is 3.73. The second-order valence-corrected chi connectivity index (χ2v) is 7.31. The summed E-state index contributed by atoms with van der Waals surface area (Å²) in [5.74, 6) is -1.09. The number of likely N-dealkylation sites (tertiary alicyclic amines) is 1. The Balaban J connectivity index is 1.38. The molecule has 1 N–H and O–H groups in total. The Bertz CT molecular complexity index is 973. The summed E-state index contributed by atoms with van der Waals surface area (Å²) in [6, 6.07) is 10.9. The van der Waals surface area contributed by atoms with Crippen molar-refractivity contribution in [3.63, 3.8) is 0 Å². The summed E-state index contributed by atoms with van der Waals surface area (Å²) in [4.78, 5) is 18.4. The van der Waals surface area contributed by atoms with E-state index in [1.807, 2.05) is 35.0 Å². The number of piperidine rings is 1. The van der Waals surface area contributed by atoms with Crippen molar-refractivity contribution in [2.24, 2.45) is 0 Å². The number of halogens is 2. The van der Waals surface area contributed by atoms with Gasteiger partial charge < -0.3 is 14.8 Å². The maximum Gasteiger partial charge on any atom is 0.321 e. The number of benzene rings is 2. The fourth-order valence-electron chi connectivity index (χ4n) is 3.73. The Kier molecular flexibility index (Phi) is 5.55. The lowest BCUT2D eigenvalue weighted by Gasteiger charge is -2.33. The summed E-state index contributed by atoms with van der Waals surface area (Å²) in [7, 11) is 0. The van der Waals surface area contributed by atoms with Crippen molar-refractivity contribution in [1.29, 1.82) is 0 Å². The van der Waals surface area contributed by atoms with Crippen LogP contribution in [0.2, 0.25) is 0 Å². The summed E-state index contributed by atoms with van der Waals surface area (Å²) >= 11 is 0. The maximum absolute atomic E-state index is 14.1.